The van der Waals surface area contributed by atoms with E-state index in [9.17, 15) is 0 Å². The Morgan fingerprint density at radius 1 is 1.14 bits per heavy atom. The molecule has 0 aromatic heterocycles. The Kier molecular flexibility index (Phi) is 9.35. The molecule has 0 spiro atoms. The Morgan fingerprint density at radius 2 is 1.86 bits per heavy atom. The molecule has 3 heteroatoms. The first-order valence-corrected chi connectivity index (χ1v) is 5.39. The molecule has 0 amide bonds. The van der Waals surface area contributed by atoms with Crippen molar-refractivity contribution >= 4 is 0 Å². The summed E-state index contributed by atoms with van der Waals surface area (Å²) in [7, 11) is 3.49. The normalized spacial score (nSPS) is 13.5. The van der Waals surface area contributed by atoms with Gasteiger partial charge in [-0.25, -0.2) is 0 Å². The Morgan fingerprint density at radius 3 is 2.36 bits per heavy atom. The van der Waals surface area contributed by atoms with Crippen molar-refractivity contribution in [3.63, 3.8) is 0 Å². The van der Waals surface area contributed by atoms with Crippen LogP contribution in [0.25, 0.3) is 0 Å². The number of nitrogens with one attached hydrogen (secondary N) is 1. The number of hydrogen-bond acceptors (Lipinski definition) is 3. The molecule has 86 valence electrons. The molecule has 1 N–H and O–H groups in total. The molecule has 3 nitrogen and oxygen atoms in total. The number of hydrogen-bond donors (Lipinski definition) is 1. The molecule has 0 aliphatic heterocycles. The molecule has 0 heterocycles. The van der Waals surface area contributed by atoms with Gasteiger partial charge in [0.25, 0.3) is 0 Å². The molecule has 0 radical (unpaired) electrons. The second-order valence-electron chi connectivity index (χ2n) is 4.15. The van der Waals surface area contributed by atoms with Gasteiger partial charge in [0.1, 0.15) is 0 Å². The van der Waals surface area contributed by atoms with Crippen molar-refractivity contribution in [2.24, 2.45) is 11.8 Å². The average molecular weight is 203 g/mol. The van der Waals surface area contributed by atoms with E-state index in [4.69, 9.17) is 9.47 Å². The third kappa shape index (κ3) is 8.48. The van der Waals surface area contributed by atoms with E-state index in [2.05, 4.69) is 19.2 Å². The smallest absolute Gasteiger partial charge is 0.0587 e. The lowest BCUT2D eigenvalue weighted by Gasteiger charge is -2.18. The Balaban J connectivity index is 3.51. The van der Waals surface area contributed by atoms with Crippen LogP contribution < -0.4 is 5.32 Å². The summed E-state index contributed by atoms with van der Waals surface area (Å²) in [6.45, 7) is 8.07. The van der Waals surface area contributed by atoms with Gasteiger partial charge in [0.2, 0.25) is 0 Å². The summed E-state index contributed by atoms with van der Waals surface area (Å²) >= 11 is 0. The van der Waals surface area contributed by atoms with Crippen molar-refractivity contribution in [3.05, 3.63) is 0 Å². The van der Waals surface area contributed by atoms with Gasteiger partial charge in [-0.1, -0.05) is 13.8 Å². The molecule has 0 saturated carbocycles. The SMILES string of the molecule is COCCNCC(COC)CC(C)C. The van der Waals surface area contributed by atoms with E-state index < -0.39 is 0 Å². The summed E-state index contributed by atoms with van der Waals surface area (Å²) in [4.78, 5) is 0. The van der Waals surface area contributed by atoms with Crippen LogP contribution >= 0.6 is 0 Å². The molecule has 0 rings (SSSR count). The third-order valence-corrected chi connectivity index (χ3v) is 2.12. The van der Waals surface area contributed by atoms with Crippen molar-refractivity contribution in [1.82, 2.24) is 5.32 Å². The maximum absolute atomic E-state index is 5.19. The van der Waals surface area contributed by atoms with E-state index in [-0.39, 0.29) is 0 Å². The van der Waals surface area contributed by atoms with E-state index in [0.717, 1.165) is 32.2 Å². The molecule has 0 bridgehead atoms. The lowest BCUT2D eigenvalue weighted by molar-refractivity contribution is 0.136. The summed E-state index contributed by atoms with van der Waals surface area (Å²) in [5.74, 6) is 1.36. The Hall–Kier alpha value is -0.120. The van der Waals surface area contributed by atoms with Gasteiger partial charge in [-0.15, -0.1) is 0 Å². The molecule has 0 fully saturated rings. The fraction of sp³-hybridized carbons (Fsp3) is 1.00. The lowest BCUT2D eigenvalue weighted by Crippen LogP contribution is -2.29. The van der Waals surface area contributed by atoms with Gasteiger partial charge in [0, 0.05) is 27.3 Å². The maximum Gasteiger partial charge on any atom is 0.0587 e. The van der Waals surface area contributed by atoms with Crippen LogP contribution in [0.4, 0.5) is 0 Å². The zero-order valence-electron chi connectivity index (χ0n) is 10.0. The van der Waals surface area contributed by atoms with Gasteiger partial charge in [-0.05, 0) is 18.3 Å². The van der Waals surface area contributed by atoms with E-state index in [1.807, 2.05) is 0 Å². The molecule has 0 saturated heterocycles. The van der Waals surface area contributed by atoms with Crippen molar-refractivity contribution in [1.29, 1.82) is 0 Å². The second-order valence-corrected chi connectivity index (χ2v) is 4.15. The average Bonchev–Trinajstić information content (AvgIpc) is 2.12. The first kappa shape index (κ1) is 13.9. The predicted molar refractivity (Wildman–Crippen MR) is 59.6 cm³/mol. The van der Waals surface area contributed by atoms with Crippen LogP contribution in [-0.4, -0.2) is 40.5 Å². The van der Waals surface area contributed by atoms with E-state index in [0.29, 0.717) is 5.92 Å². The van der Waals surface area contributed by atoms with Crippen molar-refractivity contribution in [3.8, 4) is 0 Å². The van der Waals surface area contributed by atoms with Crippen LogP contribution in [0.2, 0.25) is 0 Å². The van der Waals surface area contributed by atoms with Gasteiger partial charge in [-0.2, -0.15) is 0 Å². The van der Waals surface area contributed by atoms with E-state index in [1.54, 1.807) is 14.2 Å². The van der Waals surface area contributed by atoms with Crippen LogP contribution in [-0.2, 0) is 9.47 Å². The molecule has 0 aliphatic carbocycles. The highest BCUT2D eigenvalue weighted by Crippen LogP contribution is 2.10. The lowest BCUT2D eigenvalue weighted by atomic mass is 9.98. The van der Waals surface area contributed by atoms with Crippen molar-refractivity contribution < 1.29 is 9.47 Å². The van der Waals surface area contributed by atoms with Crippen LogP contribution in [0.5, 0.6) is 0 Å². The largest absolute Gasteiger partial charge is 0.384 e. The monoisotopic (exact) mass is 203 g/mol. The predicted octanol–water partition coefficient (Wildman–Crippen LogP) is 1.53. The summed E-state index contributed by atoms with van der Waals surface area (Å²) < 4.78 is 10.2. The summed E-state index contributed by atoms with van der Waals surface area (Å²) in [5.41, 5.74) is 0. The molecule has 1 atom stereocenters. The standard InChI is InChI=1S/C11H25NO2/c1-10(2)7-11(9-14-4)8-12-5-6-13-3/h10-12H,5-9H2,1-4H3. The first-order valence-electron chi connectivity index (χ1n) is 5.39. The molecule has 0 aromatic carbocycles. The summed E-state index contributed by atoms with van der Waals surface area (Å²) in [6, 6.07) is 0. The highest BCUT2D eigenvalue weighted by molar-refractivity contribution is 4.63. The summed E-state index contributed by atoms with van der Waals surface area (Å²) in [5, 5.41) is 3.37. The quantitative estimate of drug-likeness (QED) is 0.576. The molecule has 1 unspecified atom stereocenters. The Bertz CT molecular complexity index is 118. The molecule has 0 aliphatic rings. The zero-order chi connectivity index (χ0) is 10.8. The van der Waals surface area contributed by atoms with Gasteiger partial charge >= 0.3 is 0 Å². The number of ether oxygens (including phenoxy) is 2. The topological polar surface area (TPSA) is 30.5 Å². The first-order chi connectivity index (χ1) is 6.70. The van der Waals surface area contributed by atoms with Crippen molar-refractivity contribution in [2.45, 2.75) is 20.3 Å². The van der Waals surface area contributed by atoms with Crippen molar-refractivity contribution in [2.75, 3.05) is 40.5 Å². The number of methoxy groups -OCH3 is 2. The fourth-order valence-electron chi connectivity index (χ4n) is 1.59. The van der Waals surface area contributed by atoms with Crippen LogP contribution in [0.3, 0.4) is 0 Å². The summed E-state index contributed by atoms with van der Waals surface area (Å²) in [6.07, 6.45) is 1.22. The van der Waals surface area contributed by atoms with Gasteiger partial charge in [0.05, 0.1) is 13.2 Å². The van der Waals surface area contributed by atoms with E-state index >= 15 is 0 Å². The van der Waals surface area contributed by atoms with Crippen LogP contribution in [0, 0.1) is 11.8 Å². The van der Waals surface area contributed by atoms with Gasteiger partial charge in [-0.3, -0.25) is 0 Å². The van der Waals surface area contributed by atoms with Gasteiger partial charge in [0.15, 0.2) is 0 Å². The number of rotatable bonds is 9. The van der Waals surface area contributed by atoms with Crippen LogP contribution in [0.15, 0.2) is 0 Å². The molecular formula is C11H25NO2. The zero-order valence-corrected chi connectivity index (χ0v) is 10.0. The fourth-order valence-corrected chi connectivity index (χ4v) is 1.59. The van der Waals surface area contributed by atoms with Gasteiger partial charge < -0.3 is 14.8 Å². The molecular weight excluding hydrogens is 178 g/mol. The highest BCUT2D eigenvalue weighted by atomic mass is 16.5. The van der Waals surface area contributed by atoms with E-state index in [1.165, 1.54) is 6.42 Å². The second kappa shape index (κ2) is 9.44. The van der Waals surface area contributed by atoms with Crippen LogP contribution in [0.1, 0.15) is 20.3 Å². The highest BCUT2D eigenvalue weighted by Gasteiger charge is 2.09. The molecule has 14 heavy (non-hydrogen) atoms. The minimum absolute atomic E-state index is 0.622. The third-order valence-electron chi connectivity index (χ3n) is 2.12. The minimum atomic E-state index is 0.622. The minimum Gasteiger partial charge on any atom is -0.384 e. The maximum atomic E-state index is 5.19. The Labute approximate surface area is 88.2 Å². The molecule has 0 aromatic rings.